The monoisotopic (exact) mass is 229 g/mol. The van der Waals surface area contributed by atoms with E-state index in [-0.39, 0.29) is 12.0 Å². The molecule has 1 N–H and O–H groups in total. The van der Waals surface area contributed by atoms with Crippen molar-refractivity contribution in [2.24, 2.45) is 5.41 Å². The van der Waals surface area contributed by atoms with E-state index in [0.29, 0.717) is 19.3 Å². The lowest BCUT2D eigenvalue weighted by Gasteiger charge is -2.45. The molecule has 0 aromatic rings. The topological polar surface area (TPSA) is 41.9 Å². The summed E-state index contributed by atoms with van der Waals surface area (Å²) in [6.45, 7) is 7.59. The summed E-state index contributed by atoms with van der Waals surface area (Å²) in [5, 5.41) is 9.40. The van der Waals surface area contributed by atoms with Gasteiger partial charge in [0.15, 0.2) is 0 Å². The average Bonchev–Trinajstić information content (AvgIpc) is 2.25. The van der Waals surface area contributed by atoms with E-state index in [0.717, 1.165) is 26.2 Å². The number of hydrogen-bond donors (Lipinski definition) is 1. The second-order valence-corrected chi connectivity index (χ2v) is 5.11. The molecule has 1 atom stereocenters. The van der Waals surface area contributed by atoms with Gasteiger partial charge in [0.2, 0.25) is 0 Å². The van der Waals surface area contributed by atoms with Crippen LogP contribution in [0, 0.1) is 5.41 Å². The predicted octanol–water partition coefficient (Wildman–Crippen LogP) is 0.496. The van der Waals surface area contributed by atoms with Crippen molar-refractivity contribution < 1.29 is 14.6 Å². The summed E-state index contributed by atoms with van der Waals surface area (Å²) in [6.07, 6.45) is 2.76. The Balaban J connectivity index is 1.80. The Hall–Kier alpha value is -0.160. The van der Waals surface area contributed by atoms with E-state index in [1.807, 2.05) is 6.92 Å². The molecule has 4 nitrogen and oxygen atoms in total. The van der Waals surface area contributed by atoms with Crippen LogP contribution in [0.15, 0.2) is 0 Å². The summed E-state index contributed by atoms with van der Waals surface area (Å²) in [5.74, 6) is 0. The highest BCUT2D eigenvalue weighted by Crippen LogP contribution is 2.29. The van der Waals surface area contributed by atoms with Gasteiger partial charge >= 0.3 is 0 Å². The first kappa shape index (κ1) is 12.3. The highest BCUT2D eigenvalue weighted by Gasteiger charge is 2.40. The van der Waals surface area contributed by atoms with Gasteiger partial charge in [-0.2, -0.15) is 0 Å². The van der Waals surface area contributed by atoms with E-state index in [4.69, 9.17) is 9.47 Å². The van der Waals surface area contributed by atoms with Gasteiger partial charge in [0.1, 0.15) is 0 Å². The molecular formula is C12H23NO3. The lowest BCUT2D eigenvalue weighted by Crippen LogP contribution is -2.55. The number of nitrogens with zero attached hydrogens (tertiary/aromatic N) is 1. The Morgan fingerprint density at radius 1 is 1.50 bits per heavy atom. The highest BCUT2D eigenvalue weighted by atomic mass is 16.5. The van der Waals surface area contributed by atoms with Crippen LogP contribution in [0.1, 0.15) is 19.8 Å². The van der Waals surface area contributed by atoms with Gasteiger partial charge in [-0.05, 0) is 26.3 Å². The Bertz CT molecular complexity index is 211. The Morgan fingerprint density at radius 3 is 2.88 bits per heavy atom. The van der Waals surface area contributed by atoms with Crippen molar-refractivity contribution in [3.8, 4) is 0 Å². The molecule has 0 amide bonds. The normalized spacial score (nSPS) is 30.0. The molecule has 2 aliphatic rings. The quantitative estimate of drug-likeness (QED) is 0.745. The molecule has 0 aromatic carbocycles. The van der Waals surface area contributed by atoms with Crippen LogP contribution in [0.25, 0.3) is 0 Å². The van der Waals surface area contributed by atoms with E-state index in [2.05, 4.69) is 4.90 Å². The molecule has 2 aliphatic heterocycles. The van der Waals surface area contributed by atoms with Gasteiger partial charge in [-0.3, -0.25) is 4.90 Å². The van der Waals surface area contributed by atoms with Crippen molar-refractivity contribution in [1.82, 2.24) is 4.90 Å². The molecule has 0 aliphatic carbocycles. The third-order valence-electron chi connectivity index (χ3n) is 3.58. The maximum atomic E-state index is 9.40. The first-order chi connectivity index (χ1) is 7.78. The van der Waals surface area contributed by atoms with Crippen molar-refractivity contribution >= 4 is 0 Å². The van der Waals surface area contributed by atoms with Crippen molar-refractivity contribution in [3.05, 3.63) is 0 Å². The molecule has 1 unspecified atom stereocenters. The molecule has 2 rings (SSSR count). The maximum Gasteiger partial charge on any atom is 0.0702 e. The zero-order chi connectivity index (χ0) is 11.4. The van der Waals surface area contributed by atoms with Crippen molar-refractivity contribution in [1.29, 1.82) is 0 Å². The van der Waals surface area contributed by atoms with Crippen LogP contribution in [-0.4, -0.2) is 62.2 Å². The van der Waals surface area contributed by atoms with E-state index >= 15 is 0 Å². The third kappa shape index (κ3) is 2.74. The second kappa shape index (κ2) is 5.45. The molecule has 16 heavy (non-hydrogen) atoms. The smallest absolute Gasteiger partial charge is 0.0702 e. The minimum Gasteiger partial charge on any atom is -0.396 e. The van der Waals surface area contributed by atoms with Gasteiger partial charge in [-0.25, -0.2) is 0 Å². The minimum absolute atomic E-state index is 0.00804. The molecule has 0 bridgehead atoms. The first-order valence-corrected chi connectivity index (χ1v) is 6.30. The molecule has 0 saturated carbocycles. The van der Waals surface area contributed by atoms with Gasteiger partial charge in [-0.1, -0.05) is 0 Å². The molecule has 94 valence electrons. The molecule has 2 heterocycles. The van der Waals surface area contributed by atoms with Crippen molar-refractivity contribution in [2.75, 3.05) is 46.1 Å². The standard InChI is InChI=1S/C12H23NO3/c1-2-16-11-4-3-5-13(6-11)7-12(8-14)9-15-10-12/h11,14H,2-10H2,1H3. The number of aliphatic hydroxyl groups excluding tert-OH is 1. The minimum atomic E-state index is 0.00804. The van der Waals surface area contributed by atoms with Gasteiger partial charge in [0, 0.05) is 19.7 Å². The van der Waals surface area contributed by atoms with Crippen molar-refractivity contribution in [3.63, 3.8) is 0 Å². The molecule has 0 radical (unpaired) electrons. The summed E-state index contributed by atoms with van der Waals surface area (Å²) in [5.41, 5.74) is 0.00804. The summed E-state index contributed by atoms with van der Waals surface area (Å²) in [6, 6.07) is 0. The fourth-order valence-corrected chi connectivity index (χ4v) is 2.63. The lowest BCUT2D eigenvalue weighted by atomic mass is 9.86. The summed E-state index contributed by atoms with van der Waals surface area (Å²) < 4.78 is 10.9. The molecule has 2 saturated heterocycles. The van der Waals surface area contributed by atoms with Crippen LogP contribution in [0.5, 0.6) is 0 Å². The zero-order valence-corrected chi connectivity index (χ0v) is 10.2. The van der Waals surface area contributed by atoms with E-state index in [1.54, 1.807) is 0 Å². The SMILES string of the molecule is CCOC1CCCN(CC2(CO)COC2)C1. The number of hydrogen-bond acceptors (Lipinski definition) is 4. The molecule has 0 spiro atoms. The molecule has 0 aromatic heterocycles. The lowest BCUT2D eigenvalue weighted by molar-refractivity contribution is -0.153. The van der Waals surface area contributed by atoms with Gasteiger partial charge < -0.3 is 14.6 Å². The number of piperidine rings is 1. The largest absolute Gasteiger partial charge is 0.396 e. The van der Waals surface area contributed by atoms with E-state index in [9.17, 15) is 5.11 Å². The van der Waals surface area contributed by atoms with Crippen LogP contribution in [0.4, 0.5) is 0 Å². The summed E-state index contributed by atoms with van der Waals surface area (Å²) in [7, 11) is 0. The summed E-state index contributed by atoms with van der Waals surface area (Å²) >= 11 is 0. The Labute approximate surface area is 97.5 Å². The van der Waals surface area contributed by atoms with Crippen molar-refractivity contribution in [2.45, 2.75) is 25.9 Å². The predicted molar refractivity (Wildman–Crippen MR) is 61.4 cm³/mol. The maximum absolute atomic E-state index is 9.40. The number of aliphatic hydroxyl groups is 1. The van der Waals surface area contributed by atoms with Crippen LogP contribution in [0.2, 0.25) is 0 Å². The molecule has 4 heteroatoms. The van der Waals surface area contributed by atoms with Crippen LogP contribution in [0.3, 0.4) is 0 Å². The molecule has 2 fully saturated rings. The average molecular weight is 229 g/mol. The van der Waals surface area contributed by atoms with Gasteiger partial charge in [-0.15, -0.1) is 0 Å². The Kier molecular flexibility index (Phi) is 4.19. The number of likely N-dealkylation sites (tertiary alicyclic amines) is 1. The summed E-state index contributed by atoms with van der Waals surface area (Å²) in [4.78, 5) is 2.42. The van der Waals surface area contributed by atoms with E-state index < -0.39 is 0 Å². The number of ether oxygens (including phenoxy) is 2. The second-order valence-electron chi connectivity index (χ2n) is 5.11. The van der Waals surface area contributed by atoms with Gasteiger partial charge in [0.25, 0.3) is 0 Å². The molecular weight excluding hydrogens is 206 g/mol. The number of rotatable bonds is 5. The highest BCUT2D eigenvalue weighted by molar-refractivity contribution is 4.89. The fraction of sp³-hybridized carbons (Fsp3) is 1.00. The van der Waals surface area contributed by atoms with E-state index in [1.165, 1.54) is 12.8 Å². The third-order valence-corrected chi connectivity index (χ3v) is 3.58. The Morgan fingerprint density at radius 2 is 2.31 bits per heavy atom. The van der Waals surface area contributed by atoms with Gasteiger partial charge in [0.05, 0.1) is 31.3 Å². The van der Waals surface area contributed by atoms with Crippen LogP contribution in [-0.2, 0) is 9.47 Å². The fourth-order valence-electron chi connectivity index (χ4n) is 2.63. The van der Waals surface area contributed by atoms with Crippen LogP contribution >= 0.6 is 0 Å². The van der Waals surface area contributed by atoms with Crippen LogP contribution < -0.4 is 0 Å². The first-order valence-electron chi connectivity index (χ1n) is 6.30. The zero-order valence-electron chi connectivity index (χ0n) is 10.2.